The SMILES string of the molecule is CC[NH+](CC(=O)Nc1ccccc1OC)Cc1ccc(C(=O)OC)cc1. The quantitative estimate of drug-likeness (QED) is 0.703. The minimum atomic E-state index is -0.354. The first kappa shape index (κ1) is 19.5. The van der Waals surface area contributed by atoms with Gasteiger partial charge < -0.3 is 19.7 Å². The molecule has 0 aliphatic rings. The van der Waals surface area contributed by atoms with Gasteiger partial charge in [-0.25, -0.2) is 4.79 Å². The smallest absolute Gasteiger partial charge is 0.337 e. The number of carbonyl (C=O) groups excluding carboxylic acids is 2. The van der Waals surface area contributed by atoms with Gasteiger partial charge in [-0.1, -0.05) is 24.3 Å². The fourth-order valence-corrected chi connectivity index (χ4v) is 2.65. The predicted molar refractivity (Wildman–Crippen MR) is 99.5 cm³/mol. The number of carbonyl (C=O) groups is 2. The third kappa shape index (κ3) is 5.32. The fourth-order valence-electron chi connectivity index (χ4n) is 2.65. The largest absolute Gasteiger partial charge is 0.495 e. The third-order valence-electron chi connectivity index (χ3n) is 4.12. The topological polar surface area (TPSA) is 69.1 Å². The van der Waals surface area contributed by atoms with Gasteiger partial charge in [-0.2, -0.15) is 0 Å². The van der Waals surface area contributed by atoms with Crippen LogP contribution in [0, 0.1) is 0 Å². The highest BCUT2D eigenvalue weighted by molar-refractivity contribution is 5.93. The number of hydrogen-bond acceptors (Lipinski definition) is 4. The summed E-state index contributed by atoms with van der Waals surface area (Å²) < 4.78 is 9.95. The number of methoxy groups -OCH3 is 2. The summed E-state index contributed by atoms with van der Waals surface area (Å²) in [6, 6.07) is 14.6. The fraction of sp³-hybridized carbons (Fsp3) is 0.300. The molecule has 1 atom stereocenters. The molecule has 2 rings (SSSR count). The van der Waals surface area contributed by atoms with Gasteiger partial charge in [0.25, 0.3) is 5.91 Å². The second-order valence-corrected chi connectivity index (χ2v) is 5.89. The molecule has 0 aliphatic heterocycles. The van der Waals surface area contributed by atoms with Crippen molar-refractivity contribution in [2.45, 2.75) is 13.5 Å². The molecule has 2 aromatic carbocycles. The van der Waals surface area contributed by atoms with Crippen molar-refractivity contribution in [3.05, 3.63) is 59.7 Å². The molecule has 26 heavy (non-hydrogen) atoms. The summed E-state index contributed by atoms with van der Waals surface area (Å²) in [5, 5.41) is 2.90. The van der Waals surface area contributed by atoms with Gasteiger partial charge in [0.05, 0.1) is 32.0 Å². The van der Waals surface area contributed by atoms with Gasteiger partial charge in [0, 0.05) is 5.56 Å². The standard InChI is InChI=1S/C20H24N2O4/c1-4-22(13-15-9-11-16(12-10-15)20(24)26-3)14-19(23)21-17-7-5-6-8-18(17)25-2/h5-12H,4,13-14H2,1-3H3,(H,21,23)/p+1. The monoisotopic (exact) mass is 357 g/mol. The highest BCUT2D eigenvalue weighted by Crippen LogP contribution is 2.22. The lowest BCUT2D eigenvalue weighted by Crippen LogP contribution is -3.11. The highest BCUT2D eigenvalue weighted by Gasteiger charge is 2.15. The molecule has 6 heteroatoms. The molecule has 0 aliphatic carbocycles. The summed E-state index contributed by atoms with van der Waals surface area (Å²) in [5.74, 6) is 0.210. The van der Waals surface area contributed by atoms with Gasteiger partial charge in [-0.15, -0.1) is 0 Å². The third-order valence-corrected chi connectivity index (χ3v) is 4.12. The summed E-state index contributed by atoms with van der Waals surface area (Å²) in [5.41, 5.74) is 2.24. The average Bonchev–Trinajstić information content (AvgIpc) is 2.67. The number of ether oxygens (including phenoxy) is 2. The van der Waals surface area contributed by atoms with Gasteiger partial charge in [-0.05, 0) is 31.2 Å². The van der Waals surface area contributed by atoms with Crippen molar-refractivity contribution in [3.8, 4) is 5.75 Å². The number of rotatable bonds is 8. The van der Waals surface area contributed by atoms with Crippen molar-refractivity contribution in [2.75, 3.05) is 32.6 Å². The number of amides is 1. The molecule has 2 aromatic rings. The van der Waals surface area contributed by atoms with Crippen molar-refractivity contribution >= 4 is 17.6 Å². The molecule has 138 valence electrons. The molecule has 1 unspecified atom stereocenters. The minimum absolute atomic E-state index is 0.0717. The van der Waals surface area contributed by atoms with Gasteiger partial charge in [-0.3, -0.25) is 4.79 Å². The highest BCUT2D eigenvalue weighted by atomic mass is 16.5. The molecule has 0 bridgehead atoms. The van der Waals surface area contributed by atoms with Crippen molar-refractivity contribution in [1.29, 1.82) is 0 Å². The number of nitrogens with one attached hydrogen (secondary N) is 2. The van der Waals surface area contributed by atoms with Crippen LogP contribution < -0.4 is 15.0 Å². The van der Waals surface area contributed by atoms with Crippen LogP contribution in [0.1, 0.15) is 22.8 Å². The number of anilines is 1. The molecular formula is C20H25N2O4+. The number of benzene rings is 2. The molecule has 0 aromatic heterocycles. The zero-order valence-corrected chi connectivity index (χ0v) is 15.4. The molecular weight excluding hydrogens is 332 g/mol. The van der Waals surface area contributed by atoms with E-state index in [2.05, 4.69) is 5.32 Å². The number of hydrogen-bond donors (Lipinski definition) is 2. The molecule has 0 radical (unpaired) electrons. The molecule has 6 nitrogen and oxygen atoms in total. The summed E-state index contributed by atoms with van der Waals surface area (Å²) >= 11 is 0. The first-order chi connectivity index (χ1) is 12.6. The van der Waals surface area contributed by atoms with Gasteiger partial charge >= 0.3 is 5.97 Å². The molecule has 0 heterocycles. The lowest BCUT2D eigenvalue weighted by atomic mass is 10.1. The Morgan fingerprint density at radius 2 is 1.73 bits per heavy atom. The Bertz CT molecular complexity index is 744. The van der Waals surface area contributed by atoms with Crippen LogP contribution in [0.15, 0.2) is 48.5 Å². The second kappa shape index (κ2) is 9.58. The summed E-state index contributed by atoms with van der Waals surface area (Å²) in [6.45, 7) is 3.87. The molecule has 0 saturated heterocycles. The second-order valence-electron chi connectivity index (χ2n) is 5.89. The van der Waals surface area contributed by atoms with E-state index in [1.54, 1.807) is 19.2 Å². The summed E-state index contributed by atoms with van der Waals surface area (Å²) in [4.78, 5) is 25.0. The van der Waals surface area contributed by atoms with E-state index in [0.717, 1.165) is 17.0 Å². The van der Waals surface area contributed by atoms with E-state index < -0.39 is 0 Å². The van der Waals surface area contributed by atoms with E-state index in [4.69, 9.17) is 9.47 Å². The maximum atomic E-state index is 12.4. The van der Waals surface area contributed by atoms with Crippen molar-refractivity contribution in [3.63, 3.8) is 0 Å². The lowest BCUT2D eigenvalue weighted by molar-refractivity contribution is -0.903. The molecule has 0 fully saturated rings. The number of para-hydroxylation sites is 2. The van der Waals surface area contributed by atoms with Crippen LogP contribution in [0.5, 0.6) is 5.75 Å². The molecule has 0 spiro atoms. The molecule has 2 N–H and O–H groups in total. The van der Waals surface area contributed by atoms with E-state index in [1.165, 1.54) is 7.11 Å². The van der Waals surface area contributed by atoms with E-state index in [-0.39, 0.29) is 11.9 Å². The zero-order valence-electron chi connectivity index (χ0n) is 15.4. The van der Waals surface area contributed by atoms with Gasteiger partial charge in [0.2, 0.25) is 0 Å². The summed E-state index contributed by atoms with van der Waals surface area (Å²) in [6.07, 6.45) is 0. The van der Waals surface area contributed by atoms with Crippen LogP contribution in [-0.4, -0.2) is 39.2 Å². The van der Waals surface area contributed by atoms with Crippen molar-refractivity contribution < 1.29 is 24.0 Å². The maximum Gasteiger partial charge on any atom is 0.337 e. The minimum Gasteiger partial charge on any atom is -0.495 e. The Morgan fingerprint density at radius 1 is 1.04 bits per heavy atom. The van der Waals surface area contributed by atoms with E-state index in [1.807, 2.05) is 43.3 Å². The molecule has 1 amide bonds. The van der Waals surface area contributed by atoms with Crippen molar-refractivity contribution in [2.24, 2.45) is 0 Å². The Kier molecular flexibility index (Phi) is 7.17. The normalized spacial score (nSPS) is 11.5. The van der Waals surface area contributed by atoms with Gasteiger partial charge in [0.15, 0.2) is 6.54 Å². The van der Waals surface area contributed by atoms with E-state index in [9.17, 15) is 9.59 Å². The zero-order chi connectivity index (χ0) is 18.9. The van der Waals surface area contributed by atoms with Crippen LogP contribution in [0.3, 0.4) is 0 Å². The van der Waals surface area contributed by atoms with Gasteiger partial charge in [0.1, 0.15) is 12.3 Å². The number of quaternary nitrogens is 1. The maximum absolute atomic E-state index is 12.4. The van der Waals surface area contributed by atoms with Crippen molar-refractivity contribution in [1.82, 2.24) is 0 Å². The summed E-state index contributed by atoms with van der Waals surface area (Å²) in [7, 11) is 2.94. The molecule has 0 saturated carbocycles. The lowest BCUT2D eigenvalue weighted by Gasteiger charge is -2.18. The average molecular weight is 357 g/mol. The Balaban J connectivity index is 1.96. The Labute approximate surface area is 153 Å². The Morgan fingerprint density at radius 3 is 2.35 bits per heavy atom. The van der Waals surface area contributed by atoms with E-state index in [0.29, 0.717) is 30.1 Å². The van der Waals surface area contributed by atoms with E-state index >= 15 is 0 Å². The first-order valence-electron chi connectivity index (χ1n) is 8.51. The number of likely N-dealkylation sites (N-methyl/N-ethyl adjacent to an activating group) is 1. The van der Waals surface area contributed by atoms with Crippen LogP contribution in [0.4, 0.5) is 5.69 Å². The Hall–Kier alpha value is -2.86. The van der Waals surface area contributed by atoms with Crippen LogP contribution >= 0.6 is 0 Å². The predicted octanol–water partition coefficient (Wildman–Crippen LogP) is 1.53. The van der Waals surface area contributed by atoms with Crippen LogP contribution in [-0.2, 0) is 16.1 Å². The number of esters is 1. The van der Waals surface area contributed by atoms with Crippen LogP contribution in [0.2, 0.25) is 0 Å². The van der Waals surface area contributed by atoms with Crippen LogP contribution in [0.25, 0.3) is 0 Å². The first-order valence-corrected chi connectivity index (χ1v) is 8.51.